The van der Waals surface area contributed by atoms with Crippen molar-refractivity contribution >= 4 is 17.6 Å². The van der Waals surface area contributed by atoms with Crippen LogP contribution in [-0.4, -0.2) is 90.2 Å². The van der Waals surface area contributed by atoms with Crippen molar-refractivity contribution in [1.82, 2.24) is 25.8 Å². The second-order valence-electron chi connectivity index (χ2n) is 12.6. The number of nitrogens with one attached hydrogen (secondary N) is 4. The molecule has 11 heteroatoms. The summed E-state index contributed by atoms with van der Waals surface area (Å²) >= 11 is 0. The van der Waals surface area contributed by atoms with E-state index in [9.17, 15) is 14.7 Å². The number of para-hydroxylation sites is 1. The molecular formula is C38H64N7O4+. The molecule has 4 atom stereocenters. The molecule has 11 nitrogen and oxygen atoms in total. The highest BCUT2D eigenvalue weighted by Gasteiger charge is 2.54. The molecule has 4 unspecified atom stereocenters. The van der Waals surface area contributed by atoms with Crippen LogP contribution in [0, 0.1) is 6.92 Å². The lowest BCUT2D eigenvalue weighted by atomic mass is 9.79. The van der Waals surface area contributed by atoms with E-state index >= 15 is 0 Å². The number of aliphatic hydroxyl groups is 1. The average Bonchev–Trinajstić information content (AvgIpc) is 3.31. The lowest BCUT2D eigenvalue weighted by Crippen LogP contribution is -2.90. The molecule has 49 heavy (non-hydrogen) atoms. The van der Waals surface area contributed by atoms with E-state index in [1.165, 1.54) is 0 Å². The van der Waals surface area contributed by atoms with Crippen molar-refractivity contribution in [3.8, 4) is 5.75 Å². The van der Waals surface area contributed by atoms with Gasteiger partial charge in [0.2, 0.25) is 5.84 Å². The molecule has 274 valence electrons. The topological polar surface area (TPSA) is 156 Å². The van der Waals surface area contributed by atoms with E-state index < -0.39 is 17.7 Å². The third kappa shape index (κ3) is 11.0. The molecular weight excluding hydrogens is 618 g/mol. The Morgan fingerprint density at radius 1 is 1.20 bits per heavy atom. The minimum absolute atomic E-state index is 0.0541. The van der Waals surface area contributed by atoms with E-state index in [2.05, 4.69) is 58.2 Å². The first kappa shape index (κ1) is 43.1. The third-order valence-electron chi connectivity index (χ3n) is 8.99. The molecule has 2 aromatic rings. The summed E-state index contributed by atoms with van der Waals surface area (Å²) in [6, 6.07) is 8.51. The van der Waals surface area contributed by atoms with Crippen molar-refractivity contribution in [3.63, 3.8) is 0 Å². The van der Waals surface area contributed by atoms with Crippen molar-refractivity contribution in [1.29, 1.82) is 0 Å². The molecule has 4 rings (SSSR count). The normalized spacial score (nSPS) is 21.3. The zero-order chi connectivity index (χ0) is 37.4. The van der Waals surface area contributed by atoms with Gasteiger partial charge in [-0.25, -0.2) is 0 Å². The van der Waals surface area contributed by atoms with Crippen LogP contribution < -0.4 is 31.4 Å². The first-order chi connectivity index (χ1) is 23.3. The van der Waals surface area contributed by atoms with Gasteiger partial charge in [-0.1, -0.05) is 67.2 Å². The number of nitrogens with two attached hydrogens (primary N) is 1. The zero-order valence-electron chi connectivity index (χ0n) is 31.9. The second kappa shape index (κ2) is 20.5. The number of ether oxygens (including phenoxy) is 1. The van der Waals surface area contributed by atoms with Crippen molar-refractivity contribution in [3.05, 3.63) is 71.7 Å². The van der Waals surface area contributed by atoms with Crippen LogP contribution in [0.3, 0.4) is 0 Å². The van der Waals surface area contributed by atoms with Gasteiger partial charge in [-0.3, -0.25) is 30.2 Å². The van der Waals surface area contributed by atoms with Crippen LogP contribution in [0.5, 0.6) is 5.75 Å². The zero-order valence-corrected chi connectivity index (χ0v) is 31.9. The number of amidine groups is 1. The Kier molecular flexibility index (Phi) is 18.0. The number of carbonyl (C=O) groups is 2. The lowest BCUT2D eigenvalue weighted by molar-refractivity contribution is -0.523. The maximum atomic E-state index is 13.4. The second-order valence-corrected chi connectivity index (χ2v) is 12.6. The number of likely N-dealkylation sites (N-methyl/N-ethyl adjacent to an activating group) is 1. The number of aliphatic hydroxyl groups excluding tert-OH is 1. The molecule has 2 aliphatic heterocycles. The predicted octanol–water partition coefficient (Wildman–Crippen LogP) is 3.05. The maximum Gasteiger partial charge on any atom is 0.255 e. The molecule has 0 radical (unpaired) electrons. The van der Waals surface area contributed by atoms with Gasteiger partial charge in [0.25, 0.3) is 11.8 Å². The Bertz CT molecular complexity index is 1380. The largest absolute Gasteiger partial charge is 0.492 e. The van der Waals surface area contributed by atoms with E-state index in [1.54, 1.807) is 37.6 Å². The summed E-state index contributed by atoms with van der Waals surface area (Å²) in [5, 5.41) is 20.3. The fourth-order valence-corrected chi connectivity index (χ4v) is 6.02. The van der Waals surface area contributed by atoms with E-state index in [1.807, 2.05) is 60.7 Å². The van der Waals surface area contributed by atoms with Crippen LogP contribution in [0.15, 0.2) is 49.3 Å². The summed E-state index contributed by atoms with van der Waals surface area (Å²) in [4.78, 5) is 33.9. The Labute approximate surface area is 295 Å². The molecule has 0 bridgehead atoms. The molecule has 1 fully saturated rings. The van der Waals surface area contributed by atoms with Crippen LogP contribution in [0.2, 0.25) is 0 Å². The predicted molar refractivity (Wildman–Crippen MR) is 200 cm³/mol. The Morgan fingerprint density at radius 2 is 1.88 bits per heavy atom. The number of amides is 2. The quantitative estimate of drug-likeness (QED) is 0.165. The highest BCUT2D eigenvalue weighted by atomic mass is 16.5. The smallest absolute Gasteiger partial charge is 0.255 e. The number of pyridine rings is 1. The van der Waals surface area contributed by atoms with Gasteiger partial charge in [0.15, 0.2) is 0 Å². The molecule has 0 spiro atoms. The Balaban J connectivity index is 0.000000669. The maximum absolute atomic E-state index is 13.4. The molecule has 0 saturated carbocycles. The molecule has 2 aliphatic rings. The number of aromatic nitrogens is 1. The number of likely N-dealkylation sites (tertiary alicyclic amines) is 1. The average molecular weight is 683 g/mol. The highest BCUT2D eigenvalue weighted by Crippen LogP contribution is 2.40. The molecule has 1 saturated heterocycles. The Morgan fingerprint density at radius 3 is 2.47 bits per heavy atom. The van der Waals surface area contributed by atoms with Crippen LogP contribution in [0.25, 0.3) is 0 Å². The fourth-order valence-electron chi connectivity index (χ4n) is 6.02. The number of benzene rings is 1. The first-order valence-corrected chi connectivity index (χ1v) is 17.6. The lowest BCUT2D eigenvalue weighted by Gasteiger charge is -2.39. The molecule has 7 N–H and O–H groups in total. The van der Waals surface area contributed by atoms with Gasteiger partial charge in [0.05, 0.1) is 36.4 Å². The van der Waals surface area contributed by atoms with Crippen molar-refractivity contribution in [2.75, 3.05) is 33.8 Å². The summed E-state index contributed by atoms with van der Waals surface area (Å²) in [7, 11) is 3.57. The van der Waals surface area contributed by atoms with Gasteiger partial charge < -0.3 is 25.8 Å². The van der Waals surface area contributed by atoms with E-state index in [0.29, 0.717) is 42.4 Å². The van der Waals surface area contributed by atoms with Gasteiger partial charge in [0, 0.05) is 43.0 Å². The standard InChI is InChI=1S/C26H41N5O3.C8H10N2O.2C2H6/c1-7-10-21(27)30-20(15-28-8-2)26(5)23(32)19(16-31(26)6)29-24(33)17-11-9-12-18-22(17)34-14-13-25(18,3)4;1-6-5-7(3-4-10-6)8(11)9-2;2*1-2/h8-9,11-12,19-20,23,28,32H,2,7,10,13-16H2,1,3-6H3,(H2,27,30)(H,29,33);3-5H,1-2H3,(H,9,11);2*1-2H3/p+1. The monoisotopic (exact) mass is 683 g/mol. The van der Waals surface area contributed by atoms with Gasteiger partial charge in [-0.2, -0.15) is 0 Å². The number of nitrogens with zero attached hydrogens (tertiary/aromatic N) is 2. The Hall–Kier alpha value is -3.96. The summed E-state index contributed by atoms with van der Waals surface area (Å²) in [5.74, 6) is 1.03. The van der Waals surface area contributed by atoms with E-state index in [0.717, 1.165) is 30.5 Å². The molecule has 3 heterocycles. The molecule has 1 aromatic carbocycles. The van der Waals surface area contributed by atoms with Crippen molar-refractivity contribution in [2.45, 2.75) is 111 Å². The first-order valence-electron chi connectivity index (χ1n) is 17.6. The van der Waals surface area contributed by atoms with E-state index in [-0.39, 0.29) is 23.3 Å². The van der Waals surface area contributed by atoms with Crippen molar-refractivity contribution < 1.29 is 24.4 Å². The number of rotatable bonds is 10. The van der Waals surface area contributed by atoms with Crippen LogP contribution in [0.4, 0.5) is 0 Å². The highest BCUT2D eigenvalue weighted by molar-refractivity contribution is 5.98. The number of hydrogen-bond donors (Lipinski definition) is 6. The minimum atomic E-state index is -0.822. The van der Waals surface area contributed by atoms with Gasteiger partial charge in [0.1, 0.15) is 11.8 Å². The summed E-state index contributed by atoms with van der Waals surface area (Å²) in [6.07, 6.45) is 5.01. The number of carbonyl (C=O) groups excluding carboxylic acids is 2. The number of fused-ring (bicyclic) bond motifs is 1. The summed E-state index contributed by atoms with van der Waals surface area (Å²) in [5.41, 5.74) is 8.55. The SMILES string of the molecule is C=CNCC([NH+]=C(N)CCC)C1(C)C(O)C(NC(=O)c2cccc3c2OCCC3(C)C)CN1C.CC.CC.CNC(=O)c1ccnc(C)c1. The van der Waals surface area contributed by atoms with Crippen molar-refractivity contribution in [2.24, 2.45) is 5.73 Å². The van der Waals surface area contributed by atoms with Gasteiger partial charge >= 0.3 is 0 Å². The van der Waals surface area contributed by atoms with E-state index in [4.69, 9.17) is 10.5 Å². The van der Waals surface area contributed by atoms with Gasteiger partial charge in [-0.15, -0.1) is 0 Å². The van der Waals surface area contributed by atoms with Gasteiger partial charge in [-0.05, 0) is 63.6 Å². The summed E-state index contributed by atoms with van der Waals surface area (Å²) < 4.78 is 5.94. The number of hydrogen-bond acceptors (Lipinski definition) is 7. The van der Waals surface area contributed by atoms with Crippen LogP contribution >= 0.6 is 0 Å². The van der Waals surface area contributed by atoms with Crippen LogP contribution in [-0.2, 0) is 5.41 Å². The molecule has 0 aliphatic carbocycles. The molecule has 2 amide bonds. The van der Waals surface area contributed by atoms with Crippen LogP contribution in [0.1, 0.15) is 107 Å². The third-order valence-corrected chi connectivity index (χ3v) is 8.99. The molecule has 1 aromatic heterocycles. The number of aryl methyl sites for hydroxylation is 1. The fraction of sp³-hybridized carbons (Fsp3) is 0.579. The summed E-state index contributed by atoms with van der Waals surface area (Å²) in [6.45, 7) is 23.6. The minimum Gasteiger partial charge on any atom is -0.492 e.